The van der Waals surface area contributed by atoms with Crippen molar-refractivity contribution >= 4 is 28.9 Å². The van der Waals surface area contributed by atoms with E-state index < -0.39 is 0 Å². The van der Waals surface area contributed by atoms with E-state index in [0.29, 0.717) is 6.42 Å². The first-order valence-corrected chi connectivity index (χ1v) is 11.8. The number of carbonyl (C=O) groups is 1. The summed E-state index contributed by atoms with van der Waals surface area (Å²) in [5.41, 5.74) is 11.0. The van der Waals surface area contributed by atoms with Gasteiger partial charge in [0.25, 0.3) is 0 Å². The third kappa shape index (κ3) is 5.52. The number of amides is 1. The molecule has 1 amide bonds. The minimum Gasteiger partial charge on any atom is -0.399 e. The zero-order valence-electron chi connectivity index (χ0n) is 18.4. The van der Waals surface area contributed by atoms with Gasteiger partial charge in [0.1, 0.15) is 0 Å². The summed E-state index contributed by atoms with van der Waals surface area (Å²) in [6.07, 6.45) is 4.28. The van der Waals surface area contributed by atoms with Crippen LogP contribution in [-0.4, -0.2) is 55.0 Å². The zero-order valence-corrected chi connectivity index (χ0v) is 19.2. The number of nitrogens with two attached hydrogens (primary N) is 1. The molecule has 2 heterocycles. The second-order valence-corrected chi connectivity index (χ2v) is 9.25. The number of carbonyl (C=O) groups excluding carboxylic acids is 1. The second-order valence-electron chi connectivity index (χ2n) is 8.85. The van der Waals surface area contributed by atoms with E-state index in [2.05, 4.69) is 28.9 Å². The monoisotopic (exact) mass is 440 g/mol. The topological polar surface area (TPSA) is 52.8 Å². The highest BCUT2D eigenvalue weighted by Gasteiger charge is 2.23. The molecule has 5 nitrogen and oxygen atoms in total. The van der Waals surface area contributed by atoms with Crippen LogP contribution in [0.25, 0.3) is 0 Å². The molecule has 0 unspecified atom stereocenters. The fraction of sp³-hybridized carbons (Fsp3) is 0.480. The summed E-state index contributed by atoms with van der Waals surface area (Å²) < 4.78 is 0. The molecule has 2 aromatic carbocycles. The normalized spacial score (nSPS) is 17.7. The summed E-state index contributed by atoms with van der Waals surface area (Å²) in [6.45, 7) is 8.47. The Hall–Kier alpha value is -2.24. The minimum atomic E-state index is 0.158. The number of likely N-dealkylation sites (tertiary alicyclic amines) is 1. The van der Waals surface area contributed by atoms with Gasteiger partial charge in [-0.1, -0.05) is 24.1 Å². The summed E-state index contributed by atoms with van der Waals surface area (Å²) in [6, 6.07) is 12.2. The van der Waals surface area contributed by atoms with Gasteiger partial charge < -0.3 is 15.5 Å². The van der Waals surface area contributed by atoms with Gasteiger partial charge in [-0.25, -0.2) is 0 Å². The Morgan fingerprint density at radius 2 is 1.65 bits per heavy atom. The lowest BCUT2D eigenvalue weighted by molar-refractivity contribution is -0.130. The van der Waals surface area contributed by atoms with Crippen LogP contribution in [0.2, 0.25) is 5.02 Å². The SMILES string of the molecule is Cc1cc(CN2CCCCC2)cc(Cl)c1CC(=O)N1CCN(c2ccc(N)cc2)CC1. The summed E-state index contributed by atoms with van der Waals surface area (Å²) in [7, 11) is 0. The van der Waals surface area contributed by atoms with Gasteiger partial charge in [0.2, 0.25) is 5.91 Å². The predicted molar refractivity (Wildman–Crippen MR) is 129 cm³/mol. The van der Waals surface area contributed by atoms with Gasteiger partial charge in [-0.3, -0.25) is 9.69 Å². The zero-order chi connectivity index (χ0) is 21.8. The maximum Gasteiger partial charge on any atom is 0.227 e. The van der Waals surface area contributed by atoms with E-state index in [1.54, 1.807) is 0 Å². The molecule has 2 saturated heterocycles. The Labute approximate surface area is 190 Å². The Kier molecular flexibility index (Phi) is 7.03. The number of halogens is 1. The molecule has 2 fully saturated rings. The van der Waals surface area contributed by atoms with E-state index in [4.69, 9.17) is 17.3 Å². The lowest BCUT2D eigenvalue weighted by Gasteiger charge is -2.36. The van der Waals surface area contributed by atoms with Crippen LogP contribution in [0.5, 0.6) is 0 Å². The van der Waals surface area contributed by atoms with Crippen LogP contribution >= 0.6 is 11.6 Å². The minimum absolute atomic E-state index is 0.158. The third-order valence-electron chi connectivity index (χ3n) is 6.55. The fourth-order valence-electron chi connectivity index (χ4n) is 4.70. The Bertz CT molecular complexity index is 877. The molecule has 0 aliphatic carbocycles. The van der Waals surface area contributed by atoms with Gasteiger partial charge >= 0.3 is 0 Å². The van der Waals surface area contributed by atoms with Crippen LogP contribution in [0, 0.1) is 6.92 Å². The Morgan fingerprint density at radius 1 is 0.968 bits per heavy atom. The standard InChI is InChI=1S/C25H33ClN4O/c1-19-15-20(18-28-9-3-2-4-10-28)16-24(26)23(19)17-25(31)30-13-11-29(12-14-30)22-7-5-21(27)6-8-22/h5-8,15-16H,2-4,9-14,17-18,27H2,1H3. The summed E-state index contributed by atoms with van der Waals surface area (Å²) in [5, 5.41) is 0.723. The molecule has 0 saturated carbocycles. The average Bonchev–Trinajstić information content (AvgIpc) is 2.77. The maximum atomic E-state index is 13.0. The molecule has 6 heteroatoms. The van der Waals surface area contributed by atoms with Crippen molar-refractivity contribution in [2.75, 3.05) is 49.9 Å². The third-order valence-corrected chi connectivity index (χ3v) is 6.89. The number of piperazine rings is 1. The number of aryl methyl sites for hydroxylation is 1. The predicted octanol–water partition coefficient (Wildman–Crippen LogP) is 4.11. The van der Waals surface area contributed by atoms with Crippen LogP contribution in [0.1, 0.15) is 36.0 Å². The van der Waals surface area contributed by atoms with E-state index in [-0.39, 0.29) is 5.91 Å². The molecule has 31 heavy (non-hydrogen) atoms. The molecule has 0 aromatic heterocycles. The van der Waals surface area contributed by atoms with Crippen molar-refractivity contribution in [3.05, 3.63) is 58.1 Å². The number of anilines is 2. The van der Waals surface area contributed by atoms with E-state index in [9.17, 15) is 4.79 Å². The van der Waals surface area contributed by atoms with Crippen molar-refractivity contribution in [3.8, 4) is 0 Å². The van der Waals surface area contributed by atoms with Gasteiger partial charge in [0.05, 0.1) is 6.42 Å². The Balaban J connectivity index is 1.34. The largest absolute Gasteiger partial charge is 0.399 e. The van der Waals surface area contributed by atoms with Crippen molar-refractivity contribution in [2.24, 2.45) is 0 Å². The fourth-order valence-corrected chi connectivity index (χ4v) is 5.05. The molecule has 0 atom stereocenters. The number of nitrogen functional groups attached to an aromatic ring is 1. The van der Waals surface area contributed by atoms with E-state index in [0.717, 1.165) is 60.2 Å². The number of piperidine rings is 1. The lowest BCUT2D eigenvalue weighted by atomic mass is 10.0. The summed E-state index contributed by atoms with van der Waals surface area (Å²) in [5.74, 6) is 0.158. The lowest BCUT2D eigenvalue weighted by Crippen LogP contribution is -2.49. The van der Waals surface area contributed by atoms with Crippen LogP contribution in [0.15, 0.2) is 36.4 Å². The maximum absolute atomic E-state index is 13.0. The van der Waals surface area contributed by atoms with Crippen LogP contribution < -0.4 is 10.6 Å². The highest BCUT2D eigenvalue weighted by Crippen LogP contribution is 2.26. The number of nitrogens with zero attached hydrogens (tertiary/aromatic N) is 3. The molecule has 4 rings (SSSR count). The first kappa shape index (κ1) is 22.0. The van der Waals surface area contributed by atoms with E-state index in [1.165, 1.54) is 37.9 Å². The number of benzene rings is 2. The molecule has 2 aliphatic rings. The molecule has 2 N–H and O–H groups in total. The molecule has 0 bridgehead atoms. The quantitative estimate of drug-likeness (QED) is 0.711. The second kappa shape index (κ2) is 9.92. The molecule has 0 radical (unpaired) electrons. The van der Waals surface area contributed by atoms with Crippen LogP contribution in [0.3, 0.4) is 0 Å². The van der Waals surface area contributed by atoms with Crippen molar-refractivity contribution in [1.29, 1.82) is 0 Å². The van der Waals surface area contributed by atoms with Gasteiger partial charge in [-0.2, -0.15) is 0 Å². The molecule has 2 aromatic rings. The highest BCUT2D eigenvalue weighted by molar-refractivity contribution is 6.31. The van der Waals surface area contributed by atoms with Gasteiger partial charge in [-0.15, -0.1) is 0 Å². The van der Waals surface area contributed by atoms with Crippen molar-refractivity contribution < 1.29 is 4.79 Å². The van der Waals surface area contributed by atoms with Crippen LogP contribution in [-0.2, 0) is 17.8 Å². The van der Waals surface area contributed by atoms with Gasteiger partial charge in [0.15, 0.2) is 0 Å². The molecule has 166 valence electrons. The highest BCUT2D eigenvalue weighted by atomic mass is 35.5. The Morgan fingerprint density at radius 3 is 2.29 bits per heavy atom. The number of hydrogen-bond acceptors (Lipinski definition) is 4. The molecular formula is C25H33ClN4O. The number of hydrogen-bond donors (Lipinski definition) is 1. The smallest absolute Gasteiger partial charge is 0.227 e. The average molecular weight is 441 g/mol. The first-order chi connectivity index (χ1) is 15.0. The van der Waals surface area contributed by atoms with Crippen molar-refractivity contribution in [1.82, 2.24) is 9.80 Å². The van der Waals surface area contributed by atoms with Crippen molar-refractivity contribution in [3.63, 3.8) is 0 Å². The molecular weight excluding hydrogens is 408 g/mol. The molecule has 0 spiro atoms. The first-order valence-electron chi connectivity index (χ1n) is 11.4. The summed E-state index contributed by atoms with van der Waals surface area (Å²) >= 11 is 6.64. The van der Waals surface area contributed by atoms with Crippen molar-refractivity contribution in [2.45, 2.75) is 39.2 Å². The van der Waals surface area contributed by atoms with Crippen LogP contribution in [0.4, 0.5) is 11.4 Å². The number of rotatable bonds is 5. The van der Waals surface area contributed by atoms with Gasteiger partial charge in [-0.05, 0) is 79.9 Å². The summed E-state index contributed by atoms with van der Waals surface area (Å²) in [4.78, 5) is 19.8. The molecule has 2 aliphatic heterocycles. The van der Waals surface area contributed by atoms with E-state index in [1.807, 2.05) is 29.2 Å². The van der Waals surface area contributed by atoms with E-state index >= 15 is 0 Å². The van der Waals surface area contributed by atoms with Gasteiger partial charge in [0, 0.05) is 49.1 Å².